The van der Waals surface area contributed by atoms with Crippen molar-refractivity contribution in [3.63, 3.8) is 0 Å². The van der Waals surface area contributed by atoms with Gasteiger partial charge in [0.1, 0.15) is 0 Å². The molecule has 1 unspecified atom stereocenters. The lowest BCUT2D eigenvalue weighted by atomic mass is 10.0. The van der Waals surface area contributed by atoms with E-state index < -0.39 is 0 Å². The Morgan fingerprint density at radius 3 is 2.82 bits per heavy atom. The normalized spacial score (nSPS) is 12.4. The van der Waals surface area contributed by atoms with Gasteiger partial charge < -0.3 is 5.32 Å². The van der Waals surface area contributed by atoms with Crippen LogP contribution in [0.5, 0.6) is 0 Å². The van der Waals surface area contributed by atoms with Gasteiger partial charge in [-0.1, -0.05) is 29.3 Å². The Labute approximate surface area is 116 Å². The zero-order valence-electron chi connectivity index (χ0n) is 10.5. The Morgan fingerprint density at radius 2 is 2.29 bits per heavy atom. The van der Waals surface area contributed by atoms with Gasteiger partial charge in [0.2, 0.25) is 0 Å². The Hall–Kier alpha value is -0.350. The highest BCUT2D eigenvalue weighted by molar-refractivity contribution is 9.09. The van der Waals surface area contributed by atoms with Crippen molar-refractivity contribution in [1.82, 2.24) is 5.32 Å². The second-order valence-electron chi connectivity index (χ2n) is 4.28. The molecule has 1 rings (SSSR count). The van der Waals surface area contributed by atoms with E-state index in [4.69, 9.17) is 0 Å². The quantitative estimate of drug-likeness (QED) is 0.757. The van der Waals surface area contributed by atoms with E-state index in [0.29, 0.717) is 5.92 Å². The Morgan fingerprint density at radius 1 is 1.53 bits per heavy atom. The smallest absolute Gasteiger partial charge is 0.261 e. The van der Waals surface area contributed by atoms with Crippen molar-refractivity contribution in [1.29, 1.82) is 0 Å². The molecule has 4 heteroatoms. The Balaban J connectivity index is 2.43. The molecule has 1 amide bonds. The molecule has 0 aliphatic rings. The summed E-state index contributed by atoms with van der Waals surface area (Å²) in [7, 11) is 0. The molecular weight excluding hydrogens is 298 g/mol. The van der Waals surface area contributed by atoms with Crippen LogP contribution in [0.2, 0.25) is 0 Å². The summed E-state index contributed by atoms with van der Waals surface area (Å²) in [5.41, 5.74) is 1.07. The maximum Gasteiger partial charge on any atom is 0.261 e. The number of hydrogen-bond donors (Lipinski definition) is 1. The van der Waals surface area contributed by atoms with E-state index in [1.165, 1.54) is 24.2 Å². The van der Waals surface area contributed by atoms with E-state index in [1.807, 2.05) is 18.4 Å². The molecule has 0 saturated heterocycles. The summed E-state index contributed by atoms with van der Waals surface area (Å²) in [5.74, 6) is 0.664. The predicted octanol–water partition coefficient (Wildman–Crippen LogP) is 3.99. The maximum atomic E-state index is 11.9. The number of aryl methyl sites for hydroxylation is 1. The van der Waals surface area contributed by atoms with Crippen LogP contribution in [0.4, 0.5) is 0 Å². The topological polar surface area (TPSA) is 29.1 Å². The number of halogens is 1. The van der Waals surface area contributed by atoms with Gasteiger partial charge in [-0.25, -0.2) is 0 Å². The van der Waals surface area contributed by atoms with E-state index >= 15 is 0 Å². The third kappa shape index (κ3) is 4.80. The average Bonchev–Trinajstić information content (AvgIpc) is 2.72. The molecule has 0 aliphatic carbocycles. The first kappa shape index (κ1) is 14.7. The van der Waals surface area contributed by atoms with Gasteiger partial charge in [-0.05, 0) is 42.7 Å². The first-order chi connectivity index (χ1) is 8.19. The molecule has 1 N–H and O–H groups in total. The Kier molecular flexibility index (Phi) is 6.82. The molecule has 96 valence electrons. The predicted molar refractivity (Wildman–Crippen MR) is 78.2 cm³/mol. The molecule has 0 fully saturated rings. The summed E-state index contributed by atoms with van der Waals surface area (Å²) in [6, 6.07) is 1.99. The highest BCUT2D eigenvalue weighted by Crippen LogP contribution is 2.16. The van der Waals surface area contributed by atoms with E-state index in [0.717, 1.165) is 28.7 Å². The van der Waals surface area contributed by atoms with Crippen LogP contribution in [0.25, 0.3) is 0 Å². The first-order valence-corrected chi connectivity index (χ1v) is 8.07. The molecule has 0 radical (unpaired) electrons. The summed E-state index contributed by atoms with van der Waals surface area (Å²) >= 11 is 4.98. The molecule has 1 aromatic rings. The van der Waals surface area contributed by atoms with Crippen LogP contribution in [0.1, 0.15) is 41.4 Å². The van der Waals surface area contributed by atoms with Crippen LogP contribution in [0.3, 0.4) is 0 Å². The van der Waals surface area contributed by atoms with E-state index in [-0.39, 0.29) is 5.91 Å². The standard InChI is InChI=1S/C13H20BrNOS/c1-3-4-11(5-7-14)9-15-13(16)12-10(2)6-8-17-12/h6,8,11H,3-5,7,9H2,1-2H3,(H,15,16). The van der Waals surface area contributed by atoms with Gasteiger partial charge in [-0.15, -0.1) is 11.3 Å². The van der Waals surface area contributed by atoms with Crippen molar-refractivity contribution in [2.45, 2.75) is 33.1 Å². The second kappa shape index (κ2) is 7.88. The van der Waals surface area contributed by atoms with Gasteiger partial charge in [0.15, 0.2) is 0 Å². The van der Waals surface area contributed by atoms with Crippen LogP contribution < -0.4 is 5.32 Å². The average molecular weight is 318 g/mol. The fourth-order valence-corrected chi connectivity index (χ4v) is 3.32. The van der Waals surface area contributed by atoms with E-state index in [2.05, 4.69) is 28.2 Å². The highest BCUT2D eigenvalue weighted by Gasteiger charge is 2.13. The Bertz CT molecular complexity index is 345. The third-order valence-corrected chi connectivity index (χ3v) is 4.31. The van der Waals surface area contributed by atoms with Crippen LogP contribution in [0.15, 0.2) is 11.4 Å². The molecule has 0 aliphatic heterocycles. The van der Waals surface area contributed by atoms with Crippen molar-refractivity contribution >= 4 is 33.2 Å². The number of amides is 1. The molecule has 0 bridgehead atoms. The number of nitrogens with one attached hydrogen (secondary N) is 1. The number of thiophene rings is 1. The molecule has 0 aromatic carbocycles. The van der Waals surface area contributed by atoms with Gasteiger partial charge in [0, 0.05) is 11.9 Å². The van der Waals surface area contributed by atoms with Crippen molar-refractivity contribution in [3.05, 3.63) is 21.9 Å². The molecule has 2 nitrogen and oxygen atoms in total. The minimum absolute atomic E-state index is 0.0770. The molecular formula is C13H20BrNOS. The van der Waals surface area contributed by atoms with Gasteiger partial charge in [0.05, 0.1) is 4.88 Å². The SMILES string of the molecule is CCCC(CCBr)CNC(=O)c1sccc1C. The summed E-state index contributed by atoms with van der Waals surface area (Å²) < 4.78 is 0. The lowest BCUT2D eigenvalue weighted by molar-refractivity contribution is 0.0949. The number of carbonyl (C=O) groups is 1. The molecule has 1 aromatic heterocycles. The van der Waals surface area contributed by atoms with Crippen molar-refractivity contribution in [3.8, 4) is 0 Å². The summed E-state index contributed by atoms with van der Waals surface area (Å²) in [6.07, 6.45) is 3.47. The van der Waals surface area contributed by atoms with Gasteiger partial charge in [-0.2, -0.15) is 0 Å². The lowest BCUT2D eigenvalue weighted by Crippen LogP contribution is -2.29. The van der Waals surface area contributed by atoms with Crippen molar-refractivity contribution in [2.75, 3.05) is 11.9 Å². The minimum atomic E-state index is 0.0770. The van der Waals surface area contributed by atoms with Crippen LogP contribution >= 0.6 is 27.3 Å². The zero-order valence-corrected chi connectivity index (χ0v) is 12.9. The van der Waals surface area contributed by atoms with Crippen LogP contribution in [-0.2, 0) is 0 Å². The molecule has 0 saturated carbocycles. The molecule has 17 heavy (non-hydrogen) atoms. The lowest BCUT2D eigenvalue weighted by Gasteiger charge is -2.15. The zero-order chi connectivity index (χ0) is 12.7. The van der Waals surface area contributed by atoms with Gasteiger partial charge in [0.25, 0.3) is 5.91 Å². The van der Waals surface area contributed by atoms with Gasteiger partial charge >= 0.3 is 0 Å². The van der Waals surface area contributed by atoms with Crippen LogP contribution in [0, 0.1) is 12.8 Å². The first-order valence-electron chi connectivity index (χ1n) is 6.07. The van der Waals surface area contributed by atoms with E-state index in [1.54, 1.807) is 0 Å². The number of rotatable bonds is 7. The number of alkyl halides is 1. The largest absolute Gasteiger partial charge is 0.351 e. The number of carbonyl (C=O) groups excluding carboxylic acids is 1. The van der Waals surface area contributed by atoms with Crippen LogP contribution in [-0.4, -0.2) is 17.8 Å². The second-order valence-corrected chi connectivity index (χ2v) is 5.98. The minimum Gasteiger partial charge on any atom is -0.351 e. The molecule has 1 atom stereocenters. The molecule has 1 heterocycles. The van der Waals surface area contributed by atoms with Gasteiger partial charge in [-0.3, -0.25) is 4.79 Å². The monoisotopic (exact) mass is 317 g/mol. The highest BCUT2D eigenvalue weighted by atomic mass is 79.9. The maximum absolute atomic E-state index is 11.9. The van der Waals surface area contributed by atoms with Crippen molar-refractivity contribution in [2.24, 2.45) is 5.92 Å². The summed E-state index contributed by atoms with van der Waals surface area (Å²) in [6.45, 7) is 4.95. The summed E-state index contributed by atoms with van der Waals surface area (Å²) in [5, 5.41) is 6.02. The molecule has 0 spiro atoms. The van der Waals surface area contributed by atoms with E-state index in [9.17, 15) is 4.79 Å². The fourth-order valence-electron chi connectivity index (χ4n) is 1.83. The fraction of sp³-hybridized carbons (Fsp3) is 0.615. The summed E-state index contributed by atoms with van der Waals surface area (Å²) in [4.78, 5) is 12.8. The van der Waals surface area contributed by atoms with Crippen molar-refractivity contribution < 1.29 is 4.79 Å². The number of hydrogen-bond acceptors (Lipinski definition) is 2. The third-order valence-electron chi connectivity index (χ3n) is 2.83.